The third kappa shape index (κ3) is 3.67. The van der Waals surface area contributed by atoms with E-state index in [1.807, 2.05) is 18.3 Å². The number of hydrogen-bond acceptors (Lipinski definition) is 6. The van der Waals surface area contributed by atoms with E-state index in [1.165, 1.54) is 18.4 Å². The molecule has 6 atom stereocenters. The Labute approximate surface area is 213 Å². The second-order valence-electron chi connectivity index (χ2n) is 11.5. The predicted octanol–water partition coefficient (Wildman–Crippen LogP) is 3.02. The molecule has 0 bridgehead atoms. The van der Waals surface area contributed by atoms with E-state index in [0.29, 0.717) is 29.8 Å². The Morgan fingerprint density at radius 3 is 2.75 bits per heavy atom. The van der Waals surface area contributed by atoms with Crippen LogP contribution < -0.4 is 21.1 Å². The van der Waals surface area contributed by atoms with Gasteiger partial charge in [0.2, 0.25) is 5.91 Å². The van der Waals surface area contributed by atoms with E-state index < -0.39 is 0 Å². The highest BCUT2D eigenvalue weighted by Crippen LogP contribution is 2.64. The summed E-state index contributed by atoms with van der Waals surface area (Å²) in [6.07, 6.45) is 11.1. The van der Waals surface area contributed by atoms with Crippen LogP contribution in [0.4, 0.5) is 11.5 Å². The Kier molecular flexibility index (Phi) is 5.42. The highest BCUT2D eigenvalue weighted by molar-refractivity contribution is 6.08. The fraction of sp³-hybridized carbons (Fsp3) is 0.517. The maximum atomic E-state index is 12.9. The van der Waals surface area contributed by atoms with Crippen molar-refractivity contribution in [3.8, 4) is 0 Å². The normalized spacial score (nSPS) is 35.8. The number of aromatic nitrogens is 1. The molecule has 2 saturated heterocycles. The highest BCUT2D eigenvalue weighted by Gasteiger charge is 2.67. The van der Waals surface area contributed by atoms with Crippen LogP contribution in [0.25, 0.3) is 6.08 Å². The van der Waals surface area contributed by atoms with Crippen LogP contribution >= 0.6 is 0 Å². The van der Waals surface area contributed by atoms with Gasteiger partial charge in [0.1, 0.15) is 5.82 Å². The summed E-state index contributed by atoms with van der Waals surface area (Å²) in [5.41, 5.74) is 10.3. The van der Waals surface area contributed by atoms with E-state index in [1.54, 1.807) is 0 Å². The van der Waals surface area contributed by atoms with Crippen LogP contribution in [0, 0.1) is 17.8 Å². The standard InChI is InChI=1S/C29H36N6O/c1-34-12-14-35(15-13-34)27-11-7-19(18-30-27)6-10-24-21-9-8-20(16-26(21)33-32-24)23-17-29(23)22-4-2-3-5-25(22)31-28(29)36/h2-7,10-11,18,20-21,23-24,26,32-33H,8-9,12-17H2,1H3,(H,31,36)/b10-6+/t20?,21?,23?,24?,26?,29-/m0/s1. The van der Waals surface area contributed by atoms with E-state index in [2.05, 4.69) is 69.4 Å². The van der Waals surface area contributed by atoms with Crippen LogP contribution in [0.1, 0.15) is 36.8 Å². The number of carbonyl (C=O) groups is 1. The smallest absolute Gasteiger partial charge is 0.235 e. The number of benzene rings is 1. The molecular weight excluding hydrogens is 448 g/mol. The number of nitrogens with one attached hydrogen (secondary N) is 3. The van der Waals surface area contributed by atoms with Crippen molar-refractivity contribution in [2.45, 2.75) is 43.2 Å². The van der Waals surface area contributed by atoms with E-state index in [9.17, 15) is 4.79 Å². The van der Waals surface area contributed by atoms with Gasteiger partial charge in [0.25, 0.3) is 0 Å². The van der Waals surface area contributed by atoms with Gasteiger partial charge in [0, 0.05) is 50.1 Å². The van der Waals surface area contributed by atoms with Crippen LogP contribution in [-0.2, 0) is 10.2 Å². The SMILES string of the molecule is CN1CCN(c2ccc(/C=C/C3NNC4CC(C5C[C@@]56C(=O)Nc5ccccc56)CCC34)cn2)CC1. The lowest BCUT2D eigenvalue weighted by molar-refractivity contribution is -0.118. The predicted molar refractivity (Wildman–Crippen MR) is 143 cm³/mol. The van der Waals surface area contributed by atoms with E-state index in [0.717, 1.165) is 56.1 Å². The molecule has 36 heavy (non-hydrogen) atoms. The molecule has 3 aliphatic heterocycles. The van der Waals surface area contributed by atoms with Gasteiger partial charge in [-0.1, -0.05) is 30.4 Å². The van der Waals surface area contributed by atoms with Gasteiger partial charge in [-0.25, -0.2) is 4.98 Å². The lowest BCUT2D eigenvalue weighted by Gasteiger charge is -2.33. The first-order valence-electron chi connectivity index (χ1n) is 13.6. The number of likely N-dealkylation sites (N-methyl/N-ethyl adjacent to an activating group) is 1. The quantitative estimate of drug-likeness (QED) is 0.620. The summed E-state index contributed by atoms with van der Waals surface area (Å²) in [4.78, 5) is 22.4. The number of nitrogens with zero attached hydrogens (tertiary/aromatic N) is 3. The topological polar surface area (TPSA) is 72.5 Å². The number of hydrogen-bond donors (Lipinski definition) is 3. The average molecular weight is 485 g/mol. The number of rotatable bonds is 4. The molecule has 2 aromatic rings. The Balaban J connectivity index is 0.971. The molecule has 4 fully saturated rings. The third-order valence-electron chi connectivity index (χ3n) is 9.58. The molecule has 7 heteroatoms. The number of para-hydroxylation sites is 1. The molecule has 2 saturated carbocycles. The Morgan fingerprint density at radius 1 is 1.06 bits per heavy atom. The summed E-state index contributed by atoms with van der Waals surface area (Å²) >= 11 is 0. The number of anilines is 2. The van der Waals surface area contributed by atoms with Crippen molar-refractivity contribution in [2.24, 2.45) is 17.8 Å². The fourth-order valence-corrected chi connectivity index (χ4v) is 7.39. The zero-order valence-corrected chi connectivity index (χ0v) is 21.0. The molecule has 0 radical (unpaired) electrons. The molecule has 5 aliphatic rings. The van der Waals surface area contributed by atoms with Gasteiger partial charge in [-0.2, -0.15) is 0 Å². The zero-order valence-electron chi connectivity index (χ0n) is 21.0. The second kappa shape index (κ2) is 8.68. The van der Waals surface area contributed by atoms with Gasteiger partial charge in [-0.15, -0.1) is 0 Å². The summed E-state index contributed by atoms with van der Waals surface area (Å²) in [6, 6.07) is 13.4. The zero-order chi connectivity index (χ0) is 24.3. The molecule has 1 aromatic heterocycles. The second-order valence-corrected chi connectivity index (χ2v) is 11.5. The van der Waals surface area contributed by atoms with Gasteiger partial charge < -0.3 is 15.1 Å². The van der Waals surface area contributed by atoms with Gasteiger partial charge in [0.05, 0.1) is 5.41 Å². The summed E-state index contributed by atoms with van der Waals surface area (Å²) < 4.78 is 0. The molecule has 1 amide bonds. The number of carbonyl (C=O) groups excluding carboxylic acids is 1. The van der Waals surface area contributed by atoms with E-state index >= 15 is 0 Å². The largest absolute Gasteiger partial charge is 0.354 e. The van der Waals surface area contributed by atoms with Gasteiger partial charge in [-0.05, 0) is 79.8 Å². The van der Waals surface area contributed by atoms with Crippen LogP contribution in [0.5, 0.6) is 0 Å². The molecule has 4 heterocycles. The monoisotopic (exact) mass is 484 g/mol. The molecule has 5 unspecified atom stereocenters. The van der Waals surface area contributed by atoms with Gasteiger partial charge >= 0.3 is 0 Å². The van der Waals surface area contributed by atoms with Crippen molar-refractivity contribution >= 4 is 23.5 Å². The molecule has 3 N–H and O–H groups in total. The molecule has 2 aliphatic carbocycles. The van der Waals surface area contributed by atoms with Crippen molar-refractivity contribution in [1.82, 2.24) is 20.7 Å². The first kappa shape index (κ1) is 22.5. The van der Waals surface area contributed by atoms with Crippen molar-refractivity contribution in [2.75, 3.05) is 43.4 Å². The van der Waals surface area contributed by atoms with Crippen molar-refractivity contribution < 1.29 is 4.79 Å². The third-order valence-corrected chi connectivity index (χ3v) is 9.58. The summed E-state index contributed by atoms with van der Waals surface area (Å²) in [7, 11) is 2.18. The maximum absolute atomic E-state index is 12.9. The van der Waals surface area contributed by atoms with Crippen molar-refractivity contribution in [3.63, 3.8) is 0 Å². The van der Waals surface area contributed by atoms with Crippen LogP contribution in [0.2, 0.25) is 0 Å². The number of piperazine rings is 1. The average Bonchev–Trinajstić information content (AvgIpc) is 3.44. The highest BCUT2D eigenvalue weighted by atomic mass is 16.2. The van der Waals surface area contributed by atoms with Crippen LogP contribution in [0.3, 0.4) is 0 Å². The fourth-order valence-electron chi connectivity index (χ4n) is 7.39. The number of amides is 1. The van der Waals surface area contributed by atoms with Gasteiger partial charge in [0.15, 0.2) is 0 Å². The summed E-state index contributed by atoms with van der Waals surface area (Å²) in [6.45, 7) is 4.27. The molecule has 1 spiro atoms. The minimum atomic E-state index is -0.261. The lowest BCUT2D eigenvalue weighted by Crippen LogP contribution is -2.44. The molecular formula is C29H36N6O. The summed E-state index contributed by atoms with van der Waals surface area (Å²) in [5, 5.41) is 3.14. The maximum Gasteiger partial charge on any atom is 0.235 e. The number of pyridine rings is 1. The van der Waals surface area contributed by atoms with Crippen LogP contribution in [-0.4, -0.2) is 61.1 Å². The first-order chi connectivity index (χ1) is 17.6. The number of fused-ring (bicyclic) bond motifs is 3. The molecule has 7 rings (SSSR count). The van der Waals surface area contributed by atoms with E-state index in [-0.39, 0.29) is 11.3 Å². The Hall–Kier alpha value is -2.74. The Morgan fingerprint density at radius 2 is 1.92 bits per heavy atom. The van der Waals surface area contributed by atoms with Crippen molar-refractivity contribution in [1.29, 1.82) is 0 Å². The minimum Gasteiger partial charge on any atom is -0.354 e. The van der Waals surface area contributed by atoms with Crippen LogP contribution in [0.15, 0.2) is 48.7 Å². The molecule has 188 valence electrons. The minimum absolute atomic E-state index is 0.224. The van der Waals surface area contributed by atoms with Crippen molar-refractivity contribution in [3.05, 3.63) is 59.8 Å². The number of hydrazine groups is 1. The van der Waals surface area contributed by atoms with Gasteiger partial charge in [-0.3, -0.25) is 15.6 Å². The van der Waals surface area contributed by atoms with E-state index in [4.69, 9.17) is 4.98 Å². The molecule has 7 nitrogen and oxygen atoms in total. The summed E-state index contributed by atoms with van der Waals surface area (Å²) in [5.74, 6) is 2.97. The Bertz CT molecular complexity index is 1170. The first-order valence-corrected chi connectivity index (χ1v) is 13.6. The lowest BCUT2D eigenvalue weighted by atomic mass is 9.73. The molecule has 1 aromatic carbocycles.